The Bertz CT molecular complexity index is 457. The van der Waals surface area contributed by atoms with E-state index in [2.05, 4.69) is 12.2 Å². The first-order chi connectivity index (χ1) is 9.46. The van der Waals surface area contributed by atoms with Crippen molar-refractivity contribution < 1.29 is 18.3 Å². The number of rotatable bonds is 4. The Morgan fingerprint density at radius 3 is 2.50 bits per heavy atom. The van der Waals surface area contributed by atoms with Crippen molar-refractivity contribution in [3.63, 3.8) is 0 Å². The second-order valence-electron chi connectivity index (χ2n) is 5.87. The van der Waals surface area contributed by atoms with Crippen LogP contribution in [0.15, 0.2) is 12.1 Å². The van der Waals surface area contributed by atoms with E-state index in [9.17, 15) is 18.3 Å². The first-order valence-corrected chi connectivity index (χ1v) is 6.95. The van der Waals surface area contributed by atoms with E-state index in [0.29, 0.717) is 11.5 Å². The molecule has 112 valence electrons. The number of hydrogen-bond donors (Lipinski definition) is 2. The maximum atomic E-state index is 13.2. The standard InChI is InChI=1S/C15H20F3NO/c1-10-3-2-4-15(7-10,9-20)19-8-11-5-12(16)14(18)13(17)6-11/h5-6,10,19-20H,2-4,7-9H2,1H3. The summed E-state index contributed by atoms with van der Waals surface area (Å²) in [6, 6.07) is 1.98. The molecule has 0 spiro atoms. The predicted octanol–water partition coefficient (Wildman–Crippen LogP) is 3.13. The average Bonchev–Trinajstić information content (AvgIpc) is 2.42. The Morgan fingerprint density at radius 1 is 1.30 bits per heavy atom. The van der Waals surface area contributed by atoms with Gasteiger partial charge in [-0.05, 0) is 36.5 Å². The van der Waals surface area contributed by atoms with Crippen LogP contribution < -0.4 is 5.32 Å². The number of hydrogen-bond acceptors (Lipinski definition) is 2. The molecule has 1 fully saturated rings. The highest BCUT2D eigenvalue weighted by Crippen LogP contribution is 2.32. The Labute approximate surface area is 117 Å². The Balaban J connectivity index is 2.07. The van der Waals surface area contributed by atoms with Crippen LogP contribution >= 0.6 is 0 Å². The van der Waals surface area contributed by atoms with Crippen molar-refractivity contribution in [3.05, 3.63) is 35.1 Å². The molecule has 2 nitrogen and oxygen atoms in total. The van der Waals surface area contributed by atoms with Crippen LogP contribution in [0.2, 0.25) is 0 Å². The molecule has 0 aliphatic heterocycles. The molecule has 0 heterocycles. The van der Waals surface area contributed by atoms with Crippen molar-refractivity contribution in [2.45, 2.75) is 44.7 Å². The molecule has 2 rings (SSSR count). The zero-order valence-corrected chi connectivity index (χ0v) is 11.6. The molecule has 1 aromatic rings. The van der Waals surface area contributed by atoms with Gasteiger partial charge < -0.3 is 10.4 Å². The lowest BCUT2D eigenvalue weighted by Gasteiger charge is -2.39. The lowest BCUT2D eigenvalue weighted by molar-refractivity contribution is 0.0982. The molecule has 0 amide bonds. The molecular formula is C15H20F3NO. The number of aliphatic hydroxyl groups excluding tert-OH is 1. The van der Waals surface area contributed by atoms with E-state index >= 15 is 0 Å². The van der Waals surface area contributed by atoms with Crippen LogP contribution in [0.4, 0.5) is 13.2 Å². The highest BCUT2D eigenvalue weighted by Gasteiger charge is 2.33. The molecule has 2 N–H and O–H groups in total. The van der Waals surface area contributed by atoms with Crippen LogP contribution in [-0.2, 0) is 6.54 Å². The van der Waals surface area contributed by atoms with Crippen molar-refractivity contribution >= 4 is 0 Å². The number of nitrogens with one attached hydrogen (secondary N) is 1. The van der Waals surface area contributed by atoms with E-state index in [1.807, 2.05) is 0 Å². The van der Waals surface area contributed by atoms with Crippen molar-refractivity contribution in [1.29, 1.82) is 0 Å². The molecule has 1 aliphatic rings. The van der Waals surface area contributed by atoms with E-state index in [-0.39, 0.29) is 13.2 Å². The van der Waals surface area contributed by atoms with Crippen LogP contribution in [-0.4, -0.2) is 17.3 Å². The van der Waals surface area contributed by atoms with Crippen LogP contribution in [0.1, 0.15) is 38.2 Å². The minimum Gasteiger partial charge on any atom is -0.394 e. The van der Waals surface area contributed by atoms with Gasteiger partial charge in [-0.1, -0.05) is 19.8 Å². The Kier molecular flexibility index (Phi) is 4.70. The molecule has 2 unspecified atom stereocenters. The molecule has 20 heavy (non-hydrogen) atoms. The molecule has 0 radical (unpaired) electrons. The van der Waals surface area contributed by atoms with Crippen LogP contribution in [0.5, 0.6) is 0 Å². The fourth-order valence-corrected chi connectivity index (χ4v) is 3.02. The lowest BCUT2D eigenvalue weighted by Crippen LogP contribution is -2.51. The Hall–Kier alpha value is -1.07. The fourth-order valence-electron chi connectivity index (χ4n) is 3.02. The van der Waals surface area contributed by atoms with Gasteiger partial charge in [-0.3, -0.25) is 0 Å². The summed E-state index contributed by atoms with van der Waals surface area (Å²) in [6.45, 7) is 2.33. The van der Waals surface area contributed by atoms with Gasteiger partial charge in [0.1, 0.15) is 0 Å². The third-order valence-electron chi connectivity index (χ3n) is 4.11. The van der Waals surface area contributed by atoms with Crippen LogP contribution in [0.3, 0.4) is 0 Å². The first-order valence-electron chi connectivity index (χ1n) is 6.95. The van der Waals surface area contributed by atoms with E-state index in [1.54, 1.807) is 0 Å². The largest absolute Gasteiger partial charge is 0.394 e. The van der Waals surface area contributed by atoms with E-state index in [4.69, 9.17) is 0 Å². The zero-order valence-electron chi connectivity index (χ0n) is 11.6. The van der Waals surface area contributed by atoms with Gasteiger partial charge in [-0.2, -0.15) is 0 Å². The normalized spacial score (nSPS) is 26.8. The Morgan fingerprint density at radius 2 is 1.95 bits per heavy atom. The van der Waals surface area contributed by atoms with Crippen molar-refractivity contribution in [3.8, 4) is 0 Å². The van der Waals surface area contributed by atoms with E-state index < -0.39 is 23.0 Å². The summed E-state index contributed by atoms with van der Waals surface area (Å²) < 4.78 is 39.2. The highest BCUT2D eigenvalue weighted by atomic mass is 19.2. The fraction of sp³-hybridized carbons (Fsp3) is 0.600. The quantitative estimate of drug-likeness (QED) is 0.834. The van der Waals surface area contributed by atoms with E-state index in [0.717, 1.165) is 37.8 Å². The summed E-state index contributed by atoms with van der Waals surface area (Å²) in [5.74, 6) is -3.31. The van der Waals surface area contributed by atoms with Gasteiger partial charge in [0.25, 0.3) is 0 Å². The maximum Gasteiger partial charge on any atom is 0.194 e. The van der Waals surface area contributed by atoms with Gasteiger partial charge in [-0.15, -0.1) is 0 Å². The van der Waals surface area contributed by atoms with Gasteiger partial charge in [0, 0.05) is 12.1 Å². The first kappa shape index (κ1) is 15.3. The molecule has 5 heteroatoms. The third-order valence-corrected chi connectivity index (χ3v) is 4.11. The van der Waals surface area contributed by atoms with Gasteiger partial charge in [0.15, 0.2) is 17.5 Å². The van der Waals surface area contributed by atoms with Crippen LogP contribution in [0, 0.1) is 23.4 Å². The van der Waals surface area contributed by atoms with Crippen LogP contribution in [0.25, 0.3) is 0 Å². The van der Waals surface area contributed by atoms with Crippen molar-refractivity contribution in [1.82, 2.24) is 5.32 Å². The predicted molar refractivity (Wildman–Crippen MR) is 70.6 cm³/mol. The summed E-state index contributed by atoms with van der Waals surface area (Å²) in [4.78, 5) is 0. The summed E-state index contributed by atoms with van der Waals surface area (Å²) in [5, 5.41) is 12.8. The molecule has 0 bridgehead atoms. The highest BCUT2D eigenvalue weighted by molar-refractivity contribution is 5.19. The number of halogens is 3. The lowest BCUT2D eigenvalue weighted by atomic mass is 9.77. The number of aliphatic hydroxyl groups is 1. The summed E-state index contributed by atoms with van der Waals surface area (Å²) >= 11 is 0. The van der Waals surface area contributed by atoms with Crippen molar-refractivity contribution in [2.24, 2.45) is 5.92 Å². The van der Waals surface area contributed by atoms with Gasteiger partial charge in [-0.25, -0.2) is 13.2 Å². The summed E-state index contributed by atoms with van der Waals surface area (Å²) in [7, 11) is 0. The minimum atomic E-state index is -1.45. The molecule has 2 atom stereocenters. The van der Waals surface area contributed by atoms with Gasteiger partial charge in [0.05, 0.1) is 6.61 Å². The number of benzene rings is 1. The third kappa shape index (κ3) is 3.33. The molecule has 0 aromatic heterocycles. The van der Waals surface area contributed by atoms with Gasteiger partial charge in [0.2, 0.25) is 0 Å². The zero-order chi connectivity index (χ0) is 14.8. The van der Waals surface area contributed by atoms with Gasteiger partial charge >= 0.3 is 0 Å². The smallest absolute Gasteiger partial charge is 0.194 e. The average molecular weight is 287 g/mol. The topological polar surface area (TPSA) is 32.3 Å². The SMILES string of the molecule is CC1CCCC(CO)(NCc2cc(F)c(F)c(F)c2)C1. The summed E-state index contributed by atoms with van der Waals surface area (Å²) in [6.07, 6.45) is 3.81. The second-order valence-corrected chi connectivity index (χ2v) is 5.87. The molecular weight excluding hydrogens is 267 g/mol. The molecule has 1 saturated carbocycles. The maximum absolute atomic E-state index is 13.2. The minimum absolute atomic E-state index is 0.0104. The summed E-state index contributed by atoms with van der Waals surface area (Å²) in [5.41, 5.74) is -0.0635. The molecule has 0 saturated heterocycles. The second kappa shape index (κ2) is 6.14. The monoisotopic (exact) mass is 287 g/mol. The molecule has 1 aliphatic carbocycles. The van der Waals surface area contributed by atoms with E-state index in [1.165, 1.54) is 0 Å². The molecule has 1 aromatic carbocycles. The van der Waals surface area contributed by atoms with Crippen molar-refractivity contribution in [2.75, 3.05) is 6.61 Å².